The van der Waals surface area contributed by atoms with Crippen LogP contribution in [0.4, 0.5) is 5.69 Å². The van der Waals surface area contributed by atoms with Crippen LogP contribution in [-0.2, 0) is 4.79 Å². The molecule has 0 radical (unpaired) electrons. The first kappa shape index (κ1) is 12.2. The maximum Gasteiger partial charge on any atom is 0.228 e. The van der Waals surface area contributed by atoms with Gasteiger partial charge in [0, 0.05) is 16.4 Å². The summed E-state index contributed by atoms with van der Waals surface area (Å²) >= 11 is 3.57. The second-order valence-corrected chi connectivity index (χ2v) is 6.85. The molecular formula is C15H18BrNO. The lowest BCUT2D eigenvalue weighted by molar-refractivity contribution is -0.118. The fourth-order valence-corrected chi connectivity index (χ4v) is 3.78. The Kier molecular flexibility index (Phi) is 3.18. The van der Waals surface area contributed by atoms with Crippen LogP contribution in [0.2, 0.25) is 0 Å². The maximum atomic E-state index is 12.2. The first-order valence-electron chi connectivity index (χ1n) is 6.72. The zero-order chi connectivity index (χ0) is 12.7. The van der Waals surface area contributed by atoms with Gasteiger partial charge in [-0.15, -0.1) is 0 Å². The van der Waals surface area contributed by atoms with E-state index in [9.17, 15) is 4.79 Å². The molecule has 3 atom stereocenters. The third-order valence-electron chi connectivity index (χ3n) is 4.36. The van der Waals surface area contributed by atoms with Crippen LogP contribution in [0.15, 0.2) is 24.3 Å². The van der Waals surface area contributed by atoms with Gasteiger partial charge >= 0.3 is 0 Å². The summed E-state index contributed by atoms with van der Waals surface area (Å²) in [5, 5.41) is 3.11. The first-order valence-corrected chi connectivity index (χ1v) is 7.64. The van der Waals surface area contributed by atoms with E-state index in [4.69, 9.17) is 0 Å². The van der Waals surface area contributed by atoms with E-state index in [0.29, 0.717) is 11.8 Å². The Bertz CT molecular complexity index is 461. The molecule has 0 aliphatic heterocycles. The molecule has 0 saturated heterocycles. The van der Waals surface area contributed by atoms with Crippen molar-refractivity contribution in [1.29, 1.82) is 0 Å². The highest BCUT2D eigenvalue weighted by Gasteiger charge is 2.56. The average Bonchev–Trinajstić information content (AvgIpc) is 2.84. The number of amides is 1. The van der Waals surface area contributed by atoms with E-state index in [1.165, 1.54) is 19.3 Å². The van der Waals surface area contributed by atoms with Crippen LogP contribution in [0.3, 0.4) is 0 Å². The average molecular weight is 308 g/mol. The molecule has 3 heteroatoms. The molecule has 0 bridgehead atoms. The summed E-state index contributed by atoms with van der Waals surface area (Å²) in [6.45, 7) is 2.08. The fourth-order valence-electron chi connectivity index (χ4n) is 3.38. The standard InChI is InChI=1S/C15H18BrNO/c1-9(16)10-5-2-3-8-13(10)17-15(18)14-11-6-4-7-12(11)14/h2-3,5,8-9,11-12,14H,4,6-7H2,1H3,(H,17,18). The molecule has 1 aromatic carbocycles. The molecular weight excluding hydrogens is 290 g/mol. The maximum absolute atomic E-state index is 12.2. The number of fused-ring (bicyclic) bond motifs is 1. The molecule has 2 aliphatic carbocycles. The molecule has 18 heavy (non-hydrogen) atoms. The first-order chi connectivity index (χ1) is 8.68. The zero-order valence-corrected chi connectivity index (χ0v) is 12.1. The number of hydrogen-bond acceptors (Lipinski definition) is 1. The molecule has 0 spiro atoms. The Morgan fingerprint density at radius 2 is 2.00 bits per heavy atom. The monoisotopic (exact) mass is 307 g/mol. The minimum Gasteiger partial charge on any atom is -0.326 e. The van der Waals surface area contributed by atoms with Crippen LogP contribution in [0.5, 0.6) is 0 Å². The van der Waals surface area contributed by atoms with Gasteiger partial charge in [-0.3, -0.25) is 4.79 Å². The van der Waals surface area contributed by atoms with Gasteiger partial charge in [0.15, 0.2) is 0 Å². The van der Waals surface area contributed by atoms with E-state index in [1.54, 1.807) is 0 Å². The predicted molar refractivity (Wildman–Crippen MR) is 76.7 cm³/mol. The normalized spacial score (nSPS) is 30.7. The van der Waals surface area contributed by atoms with E-state index in [-0.39, 0.29) is 16.7 Å². The fraction of sp³-hybridized carbons (Fsp3) is 0.533. The molecule has 2 nitrogen and oxygen atoms in total. The van der Waals surface area contributed by atoms with Crippen molar-refractivity contribution in [3.63, 3.8) is 0 Å². The summed E-state index contributed by atoms with van der Waals surface area (Å²) in [6, 6.07) is 8.03. The van der Waals surface area contributed by atoms with Crippen LogP contribution in [0.1, 0.15) is 36.6 Å². The number of rotatable bonds is 3. The molecule has 2 saturated carbocycles. The van der Waals surface area contributed by atoms with Crippen molar-refractivity contribution >= 4 is 27.5 Å². The van der Waals surface area contributed by atoms with Gasteiger partial charge in [-0.25, -0.2) is 0 Å². The number of para-hydroxylation sites is 1. The second kappa shape index (κ2) is 4.69. The van der Waals surface area contributed by atoms with Crippen LogP contribution in [0, 0.1) is 17.8 Å². The number of anilines is 1. The van der Waals surface area contributed by atoms with Crippen molar-refractivity contribution in [2.45, 2.75) is 31.0 Å². The summed E-state index contributed by atoms with van der Waals surface area (Å²) in [5.74, 6) is 1.87. The highest BCUT2D eigenvalue weighted by Crippen LogP contribution is 2.57. The highest BCUT2D eigenvalue weighted by atomic mass is 79.9. The molecule has 1 amide bonds. The predicted octanol–water partition coefficient (Wildman–Crippen LogP) is 4.13. The summed E-state index contributed by atoms with van der Waals surface area (Å²) in [5.41, 5.74) is 2.11. The third kappa shape index (κ3) is 2.09. The van der Waals surface area contributed by atoms with E-state index in [0.717, 1.165) is 11.3 Å². The topological polar surface area (TPSA) is 29.1 Å². The van der Waals surface area contributed by atoms with Crippen LogP contribution >= 0.6 is 15.9 Å². The lowest BCUT2D eigenvalue weighted by Crippen LogP contribution is -2.17. The summed E-state index contributed by atoms with van der Waals surface area (Å²) < 4.78 is 0. The third-order valence-corrected chi connectivity index (χ3v) is 4.85. The number of carbonyl (C=O) groups excluding carboxylic acids is 1. The molecule has 0 aromatic heterocycles. The lowest BCUT2D eigenvalue weighted by atomic mass is 10.1. The zero-order valence-electron chi connectivity index (χ0n) is 10.5. The van der Waals surface area contributed by atoms with Crippen molar-refractivity contribution in [1.82, 2.24) is 0 Å². The minimum absolute atomic E-state index is 0.227. The SMILES string of the molecule is CC(Br)c1ccccc1NC(=O)C1C2CCCC21. The summed E-state index contributed by atoms with van der Waals surface area (Å²) in [7, 11) is 0. The quantitative estimate of drug-likeness (QED) is 0.836. The Morgan fingerprint density at radius 3 is 2.67 bits per heavy atom. The van der Waals surface area contributed by atoms with Crippen molar-refractivity contribution in [3.05, 3.63) is 29.8 Å². The van der Waals surface area contributed by atoms with Gasteiger partial charge < -0.3 is 5.32 Å². The molecule has 96 valence electrons. The Balaban J connectivity index is 1.71. The van der Waals surface area contributed by atoms with Gasteiger partial charge in [-0.05, 0) is 43.2 Å². The number of benzene rings is 1. The Hall–Kier alpha value is -0.830. The Labute approximate surface area is 116 Å². The van der Waals surface area contributed by atoms with E-state index < -0.39 is 0 Å². The number of carbonyl (C=O) groups is 1. The number of nitrogens with one attached hydrogen (secondary N) is 1. The van der Waals surface area contributed by atoms with Crippen molar-refractivity contribution in [3.8, 4) is 0 Å². The van der Waals surface area contributed by atoms with E-state index in [1.807, 2.05) is 18.2 Å². The summed E-state index contributed by atoms with van der Waals surface area (Å²) in [4.78, 5) is 12.5. The molecule has 2 fully saturated rings. The number of hydrogen-bond donors (Lipinski definition) is 1. The van der Waals surface area contributed by atoms with Crippen LogP contribution < -0.4 is 5.32 Å². The minimum atomic E-state index is 0.227. The van der Waals surface area contributed by atoms with Crippen molar-refractivity contribution in [2.75, 3.05) is 5.32 Å². The van der Waals surface area contributed by atoms with Crippen molar-refractivity contribution in [2.24, 2.45) is 17.8 Å². The molecule has 3 unspecified atom stereocenters. The largest absolute Gasteiger partial charge is 0.326 e. The van der Waals surface area contributed by atoms with Crippen LogP contribution in [-0.4, -0.2) is 5.91 Å². The Morgan fingerprint density at radius 1 is 1.33 bits per heavy atom. The van der Waals surface area contributed by atoms with Crippen LogP contribution in [0.25, 0.3) is 0 Å². The van der Waals surface area contributed by atoms with Gasteiger partial charge in [0.25, 0.3) is 0 Å². The highest BCUT2D eigenvalue weighted by molar-refractivity contribution is 9.09. The molecule has 1 aromatic rings. The summed E-state index contributed by atoms with van der Waals surface area (Å²) in [6.07, 6.45) is 3.81. The number of halogens is 1. The van der Waals surface area contributed by atoms with Crippen molar-refractivity contribution < 1.29 is 4.79 Å². The van der Waals surface area contributed by atoms with Gasteiger partial charge in [0.1, 0.15) is 0 Å². The number of alkyl halides is 1. The van der Waals surface area contributed by atoms with Gasteiger partial charge in [-0.2, -0.15) is 0 Å². The van der Waals surface area contributed by atoms with E-state index >= 15 is 0 Å². The van der Waals surface area contributed by atoms with Gasteiger partial charge in [0.05, 0.1) is 0 Å². The lowest BCUT2D eigenvalue weighted by Gasteiger charge is -2.13. The molecule has 3 rings (SSSR count). The molecule has 1 N–H and O–H groups in total. The smallest absolute Gasteiger partial charge is 0.228 e. The van der Waals surface area contributed by atoms with E-state index in [2.05, 4.69) is 34.2 Å². The molecule has 2 aliphatic rings. The molecule has 0 heterocycles. The van der Waals surface area contributed by atoms with Gasteiger partial charge in [0.2, 0.25) is 5.91 Å². The second-order valence-electron chi connectivity index (χ2n) is 5.48. The van der Waals surface area contributed by atoms with Gasteiger partial charge in [-0.1, -0.05) is 40.5 Å².